The van der Waals surface area contributed by atoms with E-state index in [1.807, 2.05) is 0 Å². The van der Waals surface area contributed by atoms with Gasteiger partial charge in [0.2, 0.25) is 0 Å². The van der Waals surface area contributed by atoms with Crippen LogP contribution in [0.25, 0.3) is 0 Å². The quantitative estimate of drug-likeness (QED) is 0.770. The largest absolute Gasteiger partial charge is 0.371 e. The van der Waals surface area contributed by atoms with Crippen LogP contribution in [0.15, 0.2) is 24.3 Å². The predicted octanol–water partition coefficient (Wildman–Crippen LogP) is 3.02. The highest BCUT2D eigenvalue weighted by atomic mass is 35.5. The standard InChI is InChI=1S/C14H18ClNO/c1-11-4-2-3-5-13(11)16-8-6-12(7-9-16)14(17)10-15/h2-5,12H,6-10H2,1H3. The number of piperidine rings is 1. The lowest BCUT2D eigenvalue weighted by atomic mass is 9.93. The monoisotopic (exact) mass is 251 g/mol. The highest BCUT2D eigenvalue weighted by Crippen LogP contribution is 2.26. The normalized spacial score (nSPS) is 17.2. The number of hydrogen-bond acceptors (Lipinski definition) is 2. The summed E-state index contributed by atoms with van der Waals surface area (Å²) in [5, 5.41) is 0. The van der Waals surface area contributed by atoms with E-state index in [4.69, 9.17) is 11.6 Å². The molecule has 1 aliphatic rings. The summed E-state index contributed by atoms with van der Waals surface area (Å²) in [6, 6.07) is 8.41. The van der Waals surface area contributed by atoms with Crippen molar-refractivity contribution in [1.29, 1.82) is 0 Å². The second-order valence-corrected chi connectivity index (χ2v) is 4.92. The van der Waals surface area contributed by atoms with Gasteiger partial charge in [-0.15, -0.1) is 11.6 Å². The molecule has 0 spiro atoms. The van der Waals surface area contributed by atoms with Crippen LogP contribution in [0.5, 0.6) is 0 Å². The van der Waals surface area contributed by atoms with Crippen LogP contribution in [0.4, 0.5) is 5.69 Å². The summed E-state index contributed by atoms with van der Waals surface area (Å²) in [4.78, 5) is 13.9. The van der Waals surface area contributed by atoms with Crippen molar-refractivity contribution in [2.45, 2.75) is 19.8 Å². The SMILES string of the molecule is Cc1ccccc1N1CCC(C(=O)CCl)CC1. The van der Waals surface area contributed by atoms with Crippen molar-refractivity contribution in [1.82, 2.24) is 0 Å². The smallest absolute Gasteiger partial charge is 0.150 e. The summed E-state index contributed by atoms with van der Waals surface area (Å²) in [6.45, 7) is 4.04. The van der Waals surface area contributed by atoms with E-state index in [-0.39, 0.29) is 17.6 Å². The Morgan fingerprint density at radius 2 is 2.00 bits per heavy atom. The van der Waals surface area contributed by atoms with Crippen LogP contribution in [0.1, 0.15) is 18.4 Å². The van der Waals surface area contributed by atoms with Gasteiger partial charge in [-0.25, -0.2) is 0 Å². The molecule has 0 amide bonds. The van der Waals surface area contributed by atoms with E-state index in [0.717, 1.165) is 25.9 Å². The molecule has 1 saturated heterocycles. The molecule has 0 aliphatic carbocycles. The molecule has 0 saturated carbocycles. The molecule has 0 radical (unpaired) electrons. The molecular weight excluding hydrogens is 234 g/mol. The number of anilines is 1. The summed E-state index contributed by atoms with van der Waals surface area (Å²) in [5.74, 6) is 0.540. The number of ketones is 1. The molecule has 0 bridgehead atoms. The number of para-hydroxylation sites is 1. The zero-order valence-corrected chi connectivity index (χ0v) is 10.9. The van der Waals surface area contributed by atoms with E-state index >= 15 is 0 Å². The number of Topliss-reactive ketones (excluding diaryl/α,β-unsaturated/α-hetero) is 1. The Morgan fingerprint density at radius 1 is 1.35 bits per heavy atom. The lowest BCUT2D eigenvalue weighted by Gasteiger charge is -2.33. The molecule has 0 N–H and O–H groups in total. The third-order valence-electron chi connectivity index (χ3n) is 3.54. The number of benzene rings is 1. The second kappa shape index (κ2) is 5.54. The summed E-state index contributed by atoms with van der Waals surface area (Å²) in [7, 11) is 0. The van der Waals surface area contributed by atoms with Gasteiger partial charge in [0.1, 0.15) is 0 Å². The predicted molar refractivity (Wildman–Crippen MR) is 71.8 cm³/mol. The molecule has 1 fully saturated rings. The molecule has 1 aromatic rings. The molecule has 0 atom stereocenters. The molecule has 2 rings (SSSR count). The summed E-state index contributed by atoms with van der Waals surface area (Å²) in [5.41, 5.74) is 2.60. The number of alkyl halides is 1. The van der Waals surface area contributed by atoms with E-state index in [9.17, 15) is 4.79 Å². The van der Waals surface area contributed by atoms with Crippen molar-refractivity contribution in [3.8, 4) is 0 Å². The molecule has 2 nitrogen and oxygen atoms in total. The first-order chi connectivity index (χ1) is 8.22. The van der Waals surface area contributed by atoms with Gasteiger partial charge in [0, 0.05) is 24.7 Å². The maximum absolute atomic E-state index is 11.5. The summed E-state index contributed by atoms with van der Waals surface area (Å²) < 4.78 is 0. The molecule has 17 heavy (non-hydrogen) atoms. The topological polar surface area (TPSA) is 20.3 Å². The molecule has 0 unspecified atom stereocenters. The zero-order valence-electron chi connectivity index (χ0n) is 10.2. The van der Waals surface area contributed by atoms with Crippen molar-refractivity contribution in [3.63, 3.8) is 0 Å². The summed E-state index contributed by atoms with van der Waals surface area (Å²) >= 11 is 5.60. The van der Waals surface area contributed by atoms with Gasteiger partial charge in [-0.05, 0) is 31.4 Å². The number of nitrogens with zero attached hydrogens (tertiary/aromatic N) is 1. The first kappa shape index (κ1) is 12.4. The molecule has 1 heterocycles. The average Bonchev–Trinajstić information content (AvgIpc) is 2.39. The third kappa shape index (κ3) is 2.81. The second-order valence-electron chi connectivity index (χ2n) is 4.65. The van der Waals surface area contributed by atoms with Crippen molar-refractivity contribution in [2.75, 3.05) is 23.9 Å². The van der Waals surface area contributed by atoms with Crippen LogP contribution in [-0.4, -0.2) is 24.8 Å². The van der Waals surface area contributed by atoms with Crippen molar-refractivity contribution >= 4 is 23.1 Å². The van der Waals surface area contributed by atoms with Crippen molar-refractivity contribution < 1.29 is 4.79 Å². The number of carbonyl (C=O) groups excluding carboxylic acids is 1. The Hall–Kier alpha value is -1.02. The molecule has 92 valence electrons. The molecule has 1 aromatic carbocycles. The van der Waals surface area contributed by atoms with Crippen molar-refractivity contribution in [2.24, 2.45) is 5.92 Å². The van der Waals surface area contributed by atoms with E-state index in [1.165, 1.54) is 11.3 Å². The van der Waals surface area contributed by atoms with Gasteiger partial charge < -0.3 is 4.90 Å². The van der Waals surface area contributed by atoms with Crippen LogP contribution >= 0.6 is 11.6 Å². The highest BCUT2D eigenvalue weighted by Gasteiger charge is 2.24. The third-order valence-corrected chi connectivity index (χ3v) is 3.80. The average molecular weight is 252 g/mol. The Labute approximate surface area is 108 Å². The Balaban J connectivity index is 2.00. The number of hydrogen-bond donors (Lipinski definition) is 0. The number of carbonyl (C=O) groups is 1. The fourth-order valence-electron chi connectivity index (χ4n) is 2.47. The van der Waals surface area contributed by atoms with Gasteiger partial charge in [0.15, 0.2) is 5.78 Å². The number of aryl methyl sites for hydroxylation is 1. The van der Waals surface area contributed by atoms with Gasteiger partial charge in [0.05, 0.1) is 5.88 Å². The Morgan fingerprint density at radius 3 is 2.59 bits per heavy atom. The lowest BCUT2D eigenvalue weighted by Crippen LogP contribution is -2.37. The number of rotatable bonds is 3. The van der Waals surface area contributed by atoms with Gasteiger partial charge in [-0.3, -0.25) is 4.79 Å². The maximum Gasteiger partial charge on any atom is 0.150 e. The van der Waals surface area contributed by atoms with E-state index in [0.29, 0.717) is 0 Å². The van der Waals surface area contributed by atoms with Crippen molar-refractivity contribution in [3.05, 3.63) is 29.8 Å². The maximum atomic E-state index is 11.5. The first-order valence-corrected chi connectivity index (χ1v) is 6.65. The van der Waals surface area contributed by atoms with Gasteiger partial charge >= 0.3 is 0 Å². The molecular formula is C14H18ClNO. The van der Waals surface area contributed by atoms with Crippen LogP contribution in [0, 0.1) is 12.8 Å². The van der Waals surface area contributed by atoms with Crippen LogP contribution in [0.3, 0.4) is 0 Å². The van der Waals surface area contributed by atoms with Gasteiger partial charge in [-0.2, -0.15) is 0 Å². The molecule has 0 aromatic heterocycles. The van der Waals surface area contributed by atoms with E-state index < -0.39 is 0 Å². The fourth-order valence-corrected chi connectivity index (χ4v) is 2.69. The van der Waals surface area contributed by atoms with Crippen LogP contribution in [-0.2, 0) is 4.79 Å². The Kier molecular flexibility index (Phi) is 4.06. The molecule has 1 aliphatic heterocycles. The molecule has 3 heteroatoms. The van der Waals surface area contributed by atoms with Crippen LogP contribution in [0.2, 0.25) is 0 Å². The summed E-state index contributed by atoms with van der Waals surface area (Å²) in [6.07, 6.45) is 1.86. The number of halogens is 1. The minimum absolute atomic E-state index is 0.162. The first-order valence-electron chi connectivity index (χ1n) is 6.11. The van der Waals surface area contributed by atoms with E-state index in [1.54, 1.807) is 0 Å². The lowest BCUT2D eigenvalue weighted by molar-refractivity contribution is -0.120. The zero-order chi connectivity index (χ0) is 12.3. The van der Waals surface area contributed by atoms with E-state index in [2.05, 4.69) is 36.1 Å². The minimum Gasteiger partial charge on any atom is -0.371 e. The Bertz CT molecular complexity index is 397. The minimum atomic E-state index is 0.162. The van der Waals surface area contributed by atoms with Crippen LogP contribution < -0.4 is 4.90 Å². The highest BCUT2D eigenvalue weighted by molar-refractivity contribution is 6.27. The van der Waals surface area contributed by atoms with Gasteiger partial charge in [0.25, 0.3) is 0 Å². The van der Waals surface area contributed by atoms with Gasteiger partial charge in [-0.1, -0.05) is 18.2 Å². The fraction of sp³-hybridized carbons (Fsp3) is 0.500.